The van der Waals surface area contributed by atoms with Gasteiger partial charge >= 0.3 is 0 Å². The molecule has 6 heavy (non-hydrogen) atoms. The van der Waals surface area contributed by atoms with Crippen LogP contribution in [0.25, 0.3) is 0 Å². The van der Waals surface area contributed by atoms with Gasteiger partial charge in [0.25, 0.3) is 0 Å². The number of alkyl halides is 1. The van der Waals surface area contributed by atoms with Gasteiger partial charge in [-0.05, 0) is 0 Å². The maximum absolute atomic E-state index is 10.9. The Hall–Kier alpha value is -0.730. The van der Waals surface area contributed by atoms with Gasteiger partial charge in [-0.2, -0.15) is 0 Å². The zero-order valence-electron chi connectivity index (χ0n) is 3.06. The van der Waals surface area contributed by atoms with Crippen molar-refractivity contribution in [2.45, 2.75) is 0 Å². The maximum atomic E-state index is 10.9. The normalized spacial score (nSPS) is 11.8. The number of halogens is 1. The Balaban J connectivity index is 3.22. The van der Waals surface area contributed by atoms with E-state index >= 15 is 0 Å². The molecule has 2 N–H and O–H groups in total. The summed E-state index contributed by atoms with van der Waals surface area (Å²) >= 11 is 0. The quantitative estimate of drug-likeness (QED) is 0.472. The molecule has 3 heteroatoms. The molecule has 0 aliphatic heterocycles. The second kappa shape index (κ2) is 2.50. The van der Waals surface area contributed by atoms with Crippen LogP contribution in [0.5, 0.6) is 0 Å². The minimum Gasteiger partial charge on any atom is -0.512 e. The maximum Gasteiger partial charge on any atom is 0.157 e. The van der Waals surface area contributed by atoms with Gasteiger partial charge in [0.1, 0.15) is 12.9 Å². The summed E-state index contributed by atoms with van der Waals surface area (Å²) in [5.41, 5.74) is 0. The van der Waals surface area contributed by atoms with Crippen molar-refractivity contribution >= 4 is 0 Å². The van der Waals surface area contributed by atoms with Crippen molar-refractivity contribution in [3.63, 3.8) is 0 Å². The molecule has 0 fully saturated rings. The van der Waals surface area contributed by atoms with E-state index in [-0.39, 0.29) is 0 Å². The number of aliphatic hydroxyl groups is 2. The predicted molar refractivity (Wildman–Crippen MR) is 19.3 cm³/mol. The summed E-state index contributed by atoms with van der Waals surface area (Å²) in [6, 6.07) is 0. The fourth-order valence-corrected chi connectivity index (χ4v) is 0.0345. The van der Waals surface area contributed by atoms with Crippen LogP contribution in [0.3, 0.4) is 0 Å². The van der Waals surface area contributed by atoms with Crippen LogP contribution in [-0.2, 0) is 0 Å². The molecule has 0 amide bonds. The van der Waals surface area contributed by atoms with Gasteiger partial charge in [-0.15, -0.1) is 0 Å². The number of rotatable bonds is 1. The fourth-order valence-electron chi connectivity index (χ4n) is 0.0345. The minimum atomic E-state index is -1.00. The Labute approximate surface area is 34.5 Å². The van der Waals surface area contributed by atoms with Gasteiger partial charge in [0, 0.05) is 0 Å². The van der Waals surface area contributed by atoms with Crippen LogP contribution < -0.4 is 0 Å². The molecule has 0 aliphatic rings. The summed E-state index contributed by atoms with van der Waals surface area (Å²) < 4.78 is 10.9. The summed E-state index contributed by atoms with van der Waals surface area (Å²) in [6.07, 6.45) is 0.319. The number of aliphatic hydroxyl groups excluding tert-OH is 2. The van der Waals surface area contributed by atoms with Crippen molar-refractivity contribution < 1.29 is 14.6 Å². The van der Waals surface area contributed by atoms with E-state index in [1.807, 2.05) is 0 Å². The van der Waals surface area contributed by atoms with Gasteiger partial charge in [-0.25, -0.2) is 4.39 Å². The summed E-state index contributed by atoms with van der Waals surface area (Å²) in [7, 11) is 0. The van der Waals surface area contributed by atoms with Crippen LogP contribution in [0.1, 0.15) is 0 Å². The lowest BCUT2D eigenvalue weighted by molar-refractivity contribution is 0.312. The number of hydrogen-bond donors (Lipinski definition) is 2. The SMILES string of the molecule is O/C=C(\O)CF. The Morgan fingerprint density at radius 3 is 2.33 bits per heavy atom. The van der Waals surface area contributed by atoms with Gasteiger partial charge < -0.3 is 10.2 Å². The molecule has 0 saturated carbocycles. The predicted octanol–water partition coefficient (Wildman–Crippen LogP) is 0.913. The molecule has 0 aliphatic carbocycles. The molecule has 0 atom stereocenters. The molecule has 0 aromatic heterocycles. The van der Waals surface area contributed by atoms with Gasteiger partial charge in [0.15, 0.2) is 5.76 Å². The van der Waals surface area contributed by atoms with E-state index < -0.39 is 12.4 Å². The molecule has 36 valence electrons. The van der Waals surface area contributed by atoms with Crippen LogP contribution in [0.4, 0.5) is 4.39 Å². The highest BCUT2D eigenvalue weighted by atomic mass is 19.1. The lowest BCUT2D eigenvalue weighted by atomic mass is 10.6. The first-order valence-electron chi connectivity index (χ1n) is 1.39. The summed E-state index contributed by atoms with van der Waals surface area (Å²) in [5.74, 6) is -0.644. The van der Waals surface area contributed by atoms with Gasteiger partial charge in [0.2, 0.25) is 0 Å². The first-order chi connectivity index (χ1) is 2.81. The first kappa shape index (κ1) is 5.27. The molecule has 2 nitrogen and oxygen atoms in total. The van der Waals surface area contributed by atoms with Crippen LogP contribution >= 0.6 is 0 Å². The first-order valence-corrected chi connectivity index (χ1v) is 1.39. The lowest BCUT2D eigenvalue weighted by Crippen LogP contribution is -1.79. The molecule has 0 spiro atoms. The molecule has 0 aromatic rings. The van der Waals surface area contributed by atoms with Crippen LogP contribution in [0.15, 0.2) is 12.0 Å². The van der Waals surface area contributed by atoms with E-state index in [1.165, 1.54) is 0 Å². The molecular weight excluding hydrogens is 87.0 g/mol. The monoisotopic (exact) mass is 92.0 g/mol. The van der Waals surface area contributed by atoms with Gasteiger partial charge in [-0.1, -0.05) is 0 Å². The van der Waals surface area contributed by atoms with Crippen LogP contribution in [-0.4, -0.2) is 16.9 Å². The van der Waals surface area contributed by atoms with Crippen molar-refractivity contribution in [3.8, 4) is 0 Å². The Morgan fingerprint density at radius 1 is 1.83 bits per heavy atom. The molecule has 0 aromatic carbocycles. The van der Waals surface area contributed by atoms with Gasteiger partial charge in [-0.3, -0.25) is 0 Å². The molecule has 0 bridgehead atoms. The average Bonchev–Trinajstić information content (AvgIpc) is 1.65. The van der Waals surface area contributed by atoms with Crippen molar-refractivity contribution in [2.24, 2.45) is 0 Å². The van der Waals surface area contributed by atoms with E-state index in [4.69, 9.17) is 10.2 Å². The third-order valence-electron chi connectivity index (χ3n) is 0.286. The minimum absolute atomic E-state index is 0.319. The Kier molecular flexibility index (Phi) is 2.20. The largest absolute Gasteiger partial charge is 0.512 e. The lowest BCUT2D eigenvalue weighted by Gasteiger charge is -1.81. The summed E-state index contributed by atoms with van der Waals surface area (Å²) in [6.45, 7) is -1.00. The second-order valence-corrected chi connectivity index (χ2v) is 0.754. The molecule has 0 radical (unpaired) electrons. The summed E-state index contributed by atoms with van der Waals surface area (Å²) in [5, 5.41) is 15.6. The summed E-state index contributed by atoms with van der Waals surface area (Å²) in [4.78, 5) is 0. The molecule has 0 unspecified atom stereocenters. The van der Waals surface area contributed by atoms with E-state index in [1.54, 1.807) is 0 Å². The standard InChI is InChI=1S/C3H5FO2/c4-1-3(6)2-5/h2,5-6H,1H2/b3-2-. The van der Waals surface area contributed by atoms with Crippen LogP contribution in [0, 0.1) is 0 Å². The van der Waals surface area contributed by atoms with Crippen molar-refractivity contribution in [2.75, 3.05) is 6.67 Å². The zero-order valence-corrected chi connectivity index (χ0v) is 3.06. The number of allylic oxidation sites excluding steroid dienone is 1. The fraction of sp³-hybridized carbons (Fsp3) is 0.333. The Bertz CT molecular complexity index is 59.8. The highest BCUT2D eigenvalue weighted by Crippen LogP contribution is 1.82. The molecule has 0 saturated heterocycles. The Morgan fingerprint density at radius 2 is 2.33 bits per heavy atom. The van der Waals surface area contributed by atoms with E-state index in [2.05, 4.69) is 0 Å². The topological polar surface area (TPSA) is 40.5 Å². The molecule has 0 heterocycles. The highest BCUT2D eigenvalue weighted by Gasteiger charge is 1.82. The van der Waals surface area contributed by atoms with Crippen molar-refractivity contribution in [1.82, 2.24) is 0 Å². The second-order valence-electron chi connectivity index (χ2n) is 0.754. The van der Waals surface area contributed by atoms with Crippen molar-refractivity contribution in [1.29, 1.82) is 0 Å². The van der Waals surface area contributed by atoms with E-state index in [9.17, 15) is 4.39 Å². The smallest absolute Gasteiger partial charge is 0.157 e. The van der Waals surface area contributed by atoms with E-state index in [0.717, 1.165) is 0 Å². The van der Waals surface area contributed by atoms with Gasteiger partial charge in [0.05, 0.1) is 0 Å². The third kappa shape index (κ3) is 1.58. The molecule has 0 rings (SSSR count). The van der Waals surface area contributed by atoms with E-state index in [0.29, 0.717) is 6.26 Å². The van der Waals surface area contributed by atoms with Crippen LogP contribution in [0.2, 0.25) is 0 Å². The highest BCUT2D eigenvalue weighted by molar-refractivity contribution is 4.81. The number of hydrogen-bond acceptors (Lipinski definition) is 2. The third-order valence-corrected chi connectivity index (χ3v) is 0.286. The average molecular weight is 92.1 g/mol. The zero-order chi connectivity index (χ0) is 4.99. The van der Waals surface area contributed by atoms with Crippen molar-refractivity contribution in [3.05, 3.63) is 12.0 Å². The molecular formula is C3H5FO2.